The zero-order valence-corrected chi connectivity index (χ0v) is 15.3. The molecule has 6 heteroatoms. The molecule has 1 aliphatic heterocycles. The lowest BCUT2D eigenvalue weighted by molar-refractivity contribution is 0.210. The summed E-state index contributed by atoms with van der Waals surface area (Å²) in [7, 11) is 1.70. The minimum absolute atomic E-state index is 0.661. The first-order valence-corrected chi connectivity index (χ1v) is 9.10. The average Bonchev–Trinajstić information content (AvgIpc) is 2.70. The Morgan fingerprint density at radius 3 is 2.69 bits per heavy atom. The Bertz CT molecular complexity index is 684. The number of ether oxygens (including phenoxy) is 1. The molecule has 2 aromatic rings. The normalized spacial score (nSPS) is 15.5. The van der Waals surface area contributed by atoms with Crippen LogP contribution in [0, 0.1) is 0 Å². The minimum atomic E-state index is 0.661. The topological polar surface area (TPSA) is 53.5 Å². The summed E-state index contributed by atoms with van der Waals surface area (Å²) in [6, 6.07) is 12.3. The second-order valence-corrected chi connectivity index (χ2v) is 6.26. The van der Waals surface area contributed by atoms with Crippen molar-refractivity contribution in [2.24, 2.45) is 0 Å². The van der Waals surface area contributed by atoms with Crippen LogP contribution in [0.1, 0.15) is 5.56 Å². The van der Waals surface area contributed by atoms with Gasteiger partial charge in [0.2, 0.25) is 5.95 Å². The molecule has 3 rings (SSSR count). The van der Waals surface area contributed by atoms with E-state index in [2.05, 4.69) is 61.5 Å². The van der Waals surface area contributed by atoms with Gasteiger partial charge in [0.1, 0.15) is 5.82 Å². The summed E-state index contributed by atoms with van der Waals surface area (Å²) in [4.78, 5) is 13.7. The molecule has 0 aliphatic carbocycles. The SMILES string of the molecule is COCCNc1ccnc(N2CCN(C/C=C/c3ccccc3)CC2)n1. The van der Waals surface area contributed by atoms with Gasteiger partial charge in [0, 0.05) is 52.6 Å². The average molecular weight is 353 g/mol. The summed E-state index contributed by atoms with van der Waals surface area (Å²) in [5.74, 6) is 1.65. The highest BCUT2D eigenvalue weighted by atomic mass is 16.5. The van der Waals surface area contributed by atoms with Gasteiger partial charge in [-0.05, 0) is 11.6 Å². The van der Waals surface area contributed by atoms with E-state index >= 15 is 0 Å². The lowest BCUT2D eigenvalue weighted by atomic mass is 10.2. The Kier molecular flexibility index (Phi) is 6.98. The Labute approximate surface area is 155 Å². The lowest BCUT2D eigenvalue weighted by Gasteiger charge is -2.34. The van der Waals surface area contributed by atoms with Gasteiger partial charge in [-0.25, -0.2) is 4.98 Å². The third-order valence-electron chi connectivity index (χ3n) is 4.38. The maximum absolute atomic E-state index is 5.05. The number of benzene rings is 1. The molecule has 6 nitrogen and oxygen atoms in total. The molecule has 1 aliphatic rings. The molecule has 1 N–H and O–H groups in total. The molecule has 0 radical (unpaired) electrons. The molecule has 1 fully saturated rings. The third kappa shape index (κ3) is 5.54. The van der Waals surface area contributed by atoms with Gasteiger partial charge in [-0.2, -0.15) is 4.98 Å². The van der Waals surface area contributed by atoms with Crippen molar-refractivity contribution in [1.29, 1.82) is 0 Å². The first-order valence-electron chi connectivity index (χ1n) is 9.10. The van der Waals surface area contributed by atoms with Gasteiger partial charge < -0.3 is 15.0 Å². The summed E-state index contributed by atoms with van der Waals surface area (Å²) in [5, 5.41) is 3.25. The van der Waals surface area contributed by atoms with Gasteiger partial charge in [-0.1, -0.05) is 42.5 Å². The highest BCUT2D eigenvalue weighted by Gasteiger charge is 2.18. The molecule has 1 saturated heterocycles. The molecule has 138 valence electrons. The van der Waals surface area contributed by atoms with Crippen molar-refractivity contribution in [1.82, 2.24) is 14.9 Å². The first-order chi connectivity index (χ1) is 12.8. The minimum Gasteiger partial charge on any atom is -0.383 e. The largest absolute Gasteiger partial charge is 0.383 e. The van der Waals surface area contributed by atoms with Crippen LogP contribution in [0.3, 0.4) is 0 Å². The number of aromatic nitrogens is 2. The van der Waals surface area contributed by atoms with Crippen molar-refractivity contribution in [3.05, 3.63) is 54.2 Å². The van der Waals surface area contributed by atoms with Gasteiger partial charge >= 0.3 is 0 Å². The predicted molar refractivity (Wildman–Crippen MR) is 107 cm³/mol. The molecule has 0 bridgehead atoms. The number of hydrogen-bond donors (Lipinski definition) is 1. The number of piperazine rings is 1. The second-order valence-electron chi connectivity index (χ2n) is 6.26. The van der Waals surface area contributed by atoms with E-state index in [0.29, 0.717) is 6.61 Å². The van der Waals surface area contributed by atoms with E-state index < -0.39 is 0 Å². The third-order valence-corrected chi connectivity index (χ3v) is 4.38. The van der Waals surface area contributed by atoms with Crippen molar-refractivity contribution in [2.45, 2.75) is 0 Å². The number of nitrogens with one attached hydrogen (secondary N) is 1. The van der Waals surface area contributed by atoms with Gasteiger partial charge in [-0.3, -0.25) is 4.90 Å². The molecular weight excluding hydrogens is 326 g/mol. The fourth-order valence-electron chi connectivity index (χ4n) is 2.91. The zero-order chi connectivity index (χ0) is 18.0. The van der Waals surface area contributed by atoms with E-state index in [1.165, 1.54) is 5.56 Å². The molecule has 2 heterocycles. The fourth-order valence-corrected chi connectivity index (χ4v) is 2.91. The monoisotopic (exact) mass is 353 g/mol. The Balaban J connectivity index is 1.46. The van der Waals surface area contributed by atoms with Crippen LogP contribution in [0.15, 0.2) is 48.7 Å². The van der Waals surface area contributed by atoms with Crippen LogP contribution in [0.25, 0.3) is 6.08 Å². The highest BCUT2D eigenvalue weighted by molar-refractivity contribution is 5.48. The maximum Gasteiger partial charge on any atom is 0.227 e. The first kappa shape index (κ1) is 18.4. The van der Waals surface area contributed by atoms with E-state index in [0.717, 1.165) is 51.0 Å². The van der Waals surface area contributed by atoms with Crippen LogP contribution >= 0.6 is 0 Å². The van der Waals surface area contributed by atoms with Crippen LogP contribution in [0.4, 0.5) is 11.8 Å². The predicted octanol–water partition coefficient (Wildman–Crippen LogP) is 2.37. The number of anilines is 2. The Hall–Kier alpha value is -2.44. The Morgan fingerprint density at radius 2 is 1.92 bits per heavy atom. The van der Waals surface area contributed by atoms with Crippen LogP contribution in [0.5, 0.6) is 0 Å². The van der Waals surface area contributed by atoms with Crippen LogP contribution in [-0.4, -0.2) is 67.9 Å². The molecule has 1 aromatic heterocycles. The van der Waals surface area contributed by atoms with E-state index in [-0.39, 0.29) is 0 Å². The lowest BCUT2D eigenvalue weighted by Crippen LogP contribution is -2.47. The summed E-state index contributed by atoms with van der Waals surface area (Å²) in [6.07, 6.45) is 6.24. The summed E-state index contributed by atoms with van der Waals surface area (Å²) < 4.78 is 5.05. The molecule has 26 heavy (non-hydrogen) atoms. The molecule has 0 spiro atoms. The Morgan fingerprint density at radius 1 is 1.12 bits per heavy atom. The number of hydrogen-bond acceptors (Lipinski definition) is 6. The van der Waals surface area contributed by atoms with Crippen molar-refractivity contribution >= 4 is 17.8 Å². The van der Waals surface area contributed by atoms with Gasteiger partial charge in [0.05, 0.1) is 6.61 Å². The standard InChI is InChI=1S/C20H27N5O/c1-26-17-11-21-19-9-10-22-20(23-19)25-15-13-24(14-16-25)12-5-8-18-6-3-2-4-7-18/h2-10H,11-17H2,1H3,(H,21,22,23)/b8-5+. The molecular formula is C20H27N5O. The maximum atomic E-state index is 5.05. The van der Waals surface area contributed by atoms with E-state index in [1.807, 2.05) is 18.3 Å². The molecule has 0 saturated carbocycles. The summed E-state index contributed by atoms with van der Waals surface area (Å²) in [5.41, 5.74) is 1.25. The van der Waals surface area contributed by atoms with Gasteiger partial charge in [-0.15, -0.1) is 0 Å². The van der Waals surface area contributed by atoms with E-state index in [1.54, 1.807) is 7.11 Å². The number of nitrogens with zero attached hydrogens (tertiary/aromatic N) is 4. The highest BCUT2D eigenvalue weighted by Crippen LogP contribution is 2.13. The molecule has 0 atom stereocenters. The number of rotatable bonds is 8. The molecule has 0 unspecified atom stereocenters. The van der Waals surface area contributed by atoms with Crippen LogP contribution < -0.4 is 10.2 Å². The van der Waals surface area contributed by atoms with Crippen molar-refractivity contribution in [3.63, 3.8) is 0 Å². The molecule has 0 amide bonds. The smallest absolute Gasteiger partial charge is 0.227 e. The zero-order valence-electron chi connectivity index (χ0n) is 15.3. The van der Waals surface area contributed by atoms with Crippen molar-refractivity contribution in [3.8, 4) is 0 Å². The fraction of sp³-hybridized carbons (Fsp3) is 0.400. The van der Waals surface area contributed by atoms with Crippen LogP contribution in [-0.2, 0) is 4.74 Å². The van der Waals surface area contributed by atoms with E-state index in [9.17, 15) is 0 Å². The number of methoxy groups -OCH3 is 1. The van der Waals surface area contributed by atoms with E-state index in [4.69, 9.17) is 4.74 Å². The van der Waals surface area contributed by atoms with Crippen molar-refractivity contribution in [2.75, 3.05) is 63.2 Å². The van der Waals surface area contributed by atoms with Crippen molar-refractivity contribution < 1.29 is 4.74 Å². The quantitative estimate of drug-likeness (QED) is 0.736. The van der Waals surface area contributed by atoms with Crippen LogP contribution in [0.2, 0.25) is 0 Å². The van der Waals surface area contributed by atoms with Gasteiger partial charge in [0.15, 0.2) is 0 Å². The summed E-state index contributed by atoms with van der Waals surface area (Å²) >= 11 is 0. The second kappa shape index (κ2) is 9.89. The summed E-state index contributed by atoms with van der Waals surface area (Å²) in [6.45, 7) is 6.31. The molecule has 1 aromatic carbocycles. The van der Waals surface area contributed by atoms with Gasteiger partial charge in [0.25, 0.3) is 0 Å².